The molecular weight excluding hydrogens is 432 g/mol. The first kappa shape index (κ1) is 23.8. The molecule has 1 aliphatic heterocycles. The van der Waals surface area contributed by atoms with Gasteiger partial charge in [0.2, 0.25) is 5.91 Å². The smallest absolute Gasteiger partial charge is 0.407 e. The van der Waals surface area contributed by atoms with Gasteiger partial charge in [0, 0.05) is 31.5 Å². The van der Waals surface area contributed by atoms with Crippen LogP contribution in [-0.2, 0) is 14.3 Å². The third-order valence-corrected chi connectivity index (χ3v) is 7.51. The average molecular weight is 465 g/mol. The monoisotopic (exact) mass is 464 g/mol. The van der Waals surface area contributed by atoms with Gasteiger partial charge in [-0.25, -0.2) is 4.79 Å². The van der Waals surface area contributed by atoms with Gasteiger partial charge in [-0.3, -0.25) is 9.59 Å². The van der Waals surface area contributed by atoms with Gasteiger partial charge in [0.25, 0.3) is 0 Å². The second-order valence-corrected chi connectivity index (χ2v) is 9.78. The summed E-state index contributed by atoms with van der Waals surface area (Å²) < 4.78 is 5.54. The molecule has 1 unspecified atom stereocenters. The number of aliphatic carboxylic acids is 1. The maximum absolute atomic E-state index is 12.8. The van der Waals surface area contributed by atoms with Crippen LogP contribution in [0.3, 0.4) is 0 Å². The number of rotatable bonds is 7. The number of hydrogen-bond acceptors (Lipinski definition) is 4. The van der Waals surface area contributed by atoms with Gasteiger partial charge in [0.1, 0.15) is 6.61 Å². The lowest BCUT2D eigenvalue weighted by Crippen LogP contribution is -2.38. The minimum Gasteiger partial charge on any atom is -0.481 e. The van der Waals surface area contributed by atoms with Crippen LogP contribution < -0.4 is 5.32 Å². The molecule has 0 bridgehead atoms. The fraction of sp³-hybridized carbons (Fsp3) is 0.444. The Morgan fingerprint density at radius 3 is 2.26 bits per heavy atom. The summed E-state index contributed by atoms with van der Waals surface area (Å²) in [6, 6.07) is 16.3. The highest BCUT2D eigenvalue weighted by Crippen LogP contribution is 2.44. The molecule has 2 aromatic rings. The van der Waals surface area contributed by atoms with Gasteiger partial charge >= 0.3 is 12.1 Å². The zero-order chi connectivity index (χ0) is 24.5. The molecule has 2 aliphatic rings. The van der Waals surface area contributed by atoms with E-state index in [1.54, 1.807) is 11.8 Å². The summed E-state index contributed by atoms with van der Waals surface area (Å²) in [6.45, 7) is 6.57. The van der Waals surface area contributed by atoms with E-state index in [9.17, 15) is 19.5 Å². The van der Waals surface area contributed by atoms with Crippen LogP contribution in [-0.4, -0.2) is 54.2 Å². The second kappa shape index (κ2) is 9.49. The van der Waals surface area contributed by atoms with Crippen LogP contribution in [0.15, 0.2) is 48.5 Å². The maximum Gasteiger partial charge on any atom is 0.407 e. The number of carboxylic acids is 1. The van der Waals surface area contributed by atoms with Crippen LogP contribution in [0.25, 0.3) is 11.1 Å². The largest absolute Gasteiger partial charge is 0.481 e. The van der Waals surface area contributed by atoms with Crippen molar-refractivity contribution in [3.8, 4) is 11.1 Å². The first-order valence-corrected chi connectivity index (χ1v) is 11.8. The van der Waals surface area contributed by atoms with Crippen LogP contribution in [0.5, 0.6) is 0 Å². The predicted octanol–water partition coefficient (Wildman–Crippen LogP) is 4.12. The molecule has 1 aliphatic carbocycles. The van der Waals surface area contributed by atoms with E-state index >= 15 is 0 Å². The number of carbonyl (C=O) groups is 3. The van der Waals surface area contributed by atoms with Gasteiger partial charge in [0.05, 0.1) is 5.41 Å². The zero-order valence-corrected chi connectivity index (χ0v) is 19.9. The van der Waals surface area contributed by atoms with Crippen LogP contribution in [0.4, 0.5) is 4.79 Å². The van der Waals surface area contributed by atoms with Crippen molar-refractivity contribution in [1.82, 2.24) is 10.2 Å². The third-order valence-electron chi connectivity index (χ3n) is 7.51. The lowest BCUT2D eigenvalue weighted by molar-refractivity contribution is -0.149. The van der Waals surface area contributed by atoms with E-state index in [0.29, 0.717) is 19.5 Å². The molecular formula is C27H32N2O5. The van der Waals surface area contributed by atoms with Crippen molar-refractivity contribution < 1.29 is 24.2 Å². The number of likely N-dealkylation sites (tertiary alicyclic amines) is 1. The number of fused-ring (bicyclic) bond motifs is 3. The molecule has 2 amide bonds. The number of carbonyl (C=O) groups excluding carboxylic acids is 2. The van der Waals surface area contributed by atoms with Gasteiger partial charge in [0.15, 0.2) is 0 Å². The molecule has 2 N–H and O–H groups in total. The van der Waals surface area contributed by atoms with Crippen molar-refractivity contribution in [2.45, 2.75) is 33.1 Å². The third kappa shape index (κ3) is 4.39. The number of nitrogens with zero attached hydrogens (tertiary/aromatic N) is 1. The van der Waals surface area contributed by atoms with Gasteiger partial charge < -0.3 is 20.1 Å². The van der Waals surface area contributed by atoms with Crippen LogP contribution in [0.2, 0.25) is 0 Å². The Bertz CT molecular complexity index is 1050. The Labute approximate surface area is 200 Å². The average Bonchev–Trinajstić information content (AvgIpc) is 3.32. The highest BCUT2D eigenvalue weighted by Gasteiger charge is 2.48. The number of nitrogens with one attached hydrogen (secondary N) is 1. The number of hydrogen-bond donors (Lipinski definition) is 2. The fourth-order valence-corrected chi connectivity index (χ4v) is 5.07. The van der Waals surface area contributed by atoms with E-state index < -0.39 is 17.5 Å². The molecule has 4 rings (SSSR count). The Hall–Kier alpha value is -3.35. The van der Waals surface area contributed by atoms with Crippen molar-refractivity contribution in [1.29, 1.82) is 0 Å². The highest BCUT2D eigenvalue weighted by molar-refractivity contribution is 5.82. The Kier molecular flexibility index (Phi) is 6.64. The molecule has 7 nitrogen and oxygen atoms in total. The molecule has 34 heavy (non-hydrogen) atoms. The number of amides is 2. The SMILES string of the molecule is CC(CCNC(=O)OCC1c2ccccc2-c2ccccc21)C(=O)N1C[C@H](C)[C@@](C)(C(=O)O)C1. The molecule has 7 heteroatoms. The van der Waals surface area contributed by atoms with Crippen molar-refractivity contribution in [3.63, 3.8) is 0 Å². The number of benzene rings is 2. The standard InChI is InChI=1S/C27H32N2O5/c1-17(24(30)29-14-18(2)27(3,16-29)25(31)32)12-13-28-26(33)34-15-23-21-10-6-4-8-19(21)20-9-5-7-11-22(20)23/h4-11,17-18,23H,12-16H2,1-3H3,(H,28,33)(H,31,32)/t17?,18-,27-/m0/s1. The van der Waals surface area contributed by atoms with E-state index in [1.165, 1.54) is 11.1 Å². The fourth-order valence-electron chi connectivity index (χ4n) is 5.07. The van der Waals surface area contributed by atoms with Gasteiger partial charge in [-0.2, -0.15) is 0 Å². The minimum absolute atomic E-state index is 0.000599. The molecule has 0 saturated carbocycles. The summed E-state index contributed by atoms with van der Waals surface area (Å²) in [5, 5.41) is 12.3. The molecule has 3 atom stereocenters. The quantitative estimate of drug-likeness (QED) is 0.643. The Morgan fingerprint density at radius 2 is 1.71 bits per heavy atom. The van der Waals surface area contributed by atoms with Crippen LogP contribution in [0.1, 0.15) is 44.2 Å². The first-order chi connectivity index (χ1) is 16.2. The Morgan fingerprint density at radius 1 is 1.12 bits per heavy atom. The highest BCUT2D eigenvalue weighted by atomic mass is 16.5. The Balaban J connectivity index is 1.25. The first-order valence-electron chi connectivity index (χ1n) is 11.8. The lowest BCUT2D eigenvalue weighted by atomic mass is 9.81. The zero-order valence-electron chi connectivity index (χ0n) is 19.9. The van der Waals surface area contributed by atoms with Crippen molar-refractivity contribution in [2.75, 3.05) is 26.2 Å². The molecule has 0 aromatic heterocycles. The van der Waals surface area contributed by atoms with E-state index in [4.69, 9.17) is 4.74 Å². The summed E-state index contributed by atoms with van der Waals surface area (Å²) in [6.07, 6.45) is -0.0488. The van der Waals surface area contributed by atoms with Crippen molar-refractivity contribution >= 4 is 18.0 Å². The van der Waals surface area contributed by atoms with Crippen molar-refractivity contribution in [3.05, 3.63) is 59.7 Å². The molecule has 1 heterocycles. The summed E-state index contributed by atoms with van der Waals surface area (Å²) in [5.74, 6) is -1.39. The number of carboxylic acid groups (broad SMARTS) is 1. The maximum atomic E-state index is 12.8. The topological polar surface area (TPSA) is 95.9 Å². The molecule has 1 fully saturated rings. The molecule has 180 valence electrons. The molecule has 1 saturated heterocycles. The van der Waals surface area contributed by atoms with Crippen molar-refractivity contribution in [2.24, 2.45) is 17.3 Å². The normalized spacial score (nSPS) is 22.1. The predicted molar refractivity (Wildman–Crippen MR) is 128 cm³/mol. The number of ether oxygens (including phenoxy) is 1. The molecule has 2 aromatic carbocycles. The van der Waals surface area contributed by atoms with Gasteiger partial charge in [-0.05, 0) is 41.5 Å². The van der Waals surface area contributed by atoms with E-state index in [2.05, 4.69) is 29.6 Å². The van der Waals surface area contributed by atoms with Crippen LogP contribution in [0, 0.1) is 17.3 Å². The van der Waals surface area contributed by atoms with E-state index in [-0.39, 0.29) is 36.8 Å². The second-order valence-electron chi connectivity index (χ2n) is 9.78. The molecule has 0 radical (unpaired) electrons. The lowest BCUT2D eigenvalue weighted by Gasteiger charge is -2.24. The summed E-state index contributed by atoms with van der Waals surface area (Å²) >= 11 is 0. The summed E-state index contributed by atoms with van der Waals surface area (Å²) in [7, 11) is 0. The molecule has 0 spiro atoms. The van der Waals surface area contributed by atoms with E-state index in [0.717, 1.165) is 11.1 Å². The summed E-state index contributed by atoms with van der Waals surface area (Å²) in [5.41, 5.74) is 3.74. The summed E-state index contributed by atoms with van der Waals surface area (Å²) in [4.78, 5) is 38.4. The number of alkyl carbamates (subject to hydrolysis) is 1. The minimum atomic E-state index is -0.922. The van der Waals surface area contributed by atoms with E-state index in [1.807, 2.05) is 38.1 Å². The van der Waals surface area contributed by atoms with Crippen LogP contribution >= 0.6 is 0 Å². The van der Waals surface area contributed by atoms with Gasteiger partial charge in [-0.1, -0.05) is 62.4 Å². The van der Waals surface area contributed by atoms with Gasteiger partial charge in [-0.15, -0.1) is 0 Å².